The van der Waals surface area contributed by atoms with E-state index in [1.165, 1.54) is 0 Å². The minimum absolute atomic E-state index is 0.238. The summed E-state index contributed by atoms with van der Waals surface area (Å²) in [7, 11) is 0. The molecule has 0 aliphatic carbocycles. The summed E-state index contributed by atoms with van der Waals surface area (Å²) in [5.74, 6) is 2.75. The van der Waals surface area contributed by atoms with E-state index in [0.29, 0.717) is 31.2 Å². The molecule has 0 aromatic heterocycles. The molecule has 0 amide bonds. The van der Waals surface area contributed by atoms with Crippen LogP contribution in [0.25, 0.3) is 0 Å². The first-order chi connectivity index (χ1) is 9.70. The first kappa shape index (κ1) is 14.9. The molecule has 4 nitrogen and oxygen atoms in total. The average Bonchev–Trinajstić information content (AvgIpc) is 2.85. The number of rotatable bonds is 8. The summed E-state index contributed by atoms with van der Waals surface area (Å²) < 4.78 is 28.5. The molecule has 1 aromatic rings. The Balaban J connectivity index is 2.05. The molecule has 1 N–H and O–H groups in total. The number of halogens is 1. The molecule has 0 radical (unpaired) electrons. The molecular formula is C15H22FNO3. The van der Waals surface area contributed by atoms with Crippen molar-refractivity contribution < 1.29 is 18.6 Å². The van der Waals surface area contributed by atoms with Gasteiger partial charge in [0.1, 0.15) is 5.75 Å². The van der Waals surface area contributed by atoms with Gasteiger partial charge in [0.05, 0.1) is 13.3 Å². The molecule has 0 spiro atoms. The third-order valence-electron chi connectivity index (χ3n) is 2.96. The van der Waals surface area contributed by atoms with Crippen molar-refractivity contribution in [1.82, 2.24) is 5.32 Å². The Hall–Kier alpha value is -1.49. The van der Waals surface area contributed by atoms with Crippen molar-refractivity contribution in [3.05, 3.63) is 17.7 Å². The molecule has 5 heteroatoms. The molecule has 1 aliphatic heterocycles. The summed E-state index contributed by atoms with van der Waals surface area (Å²) in [6.45, 7) is 6.18. The van der Waals surface area contributed by atoms with E-state index in [9.17, 15) is 4.39 Å². The van der Waals surface area contributed by atoms with Crippen LogP contribution in [0.5, 0.6) is 17.2 Å². The standard InChI is InChI=1S/C15H22FNO3/c1-11(2)8-17-9-12-6-14-15(20-10-19-14)7-13(12)18-5-3-4-16/h6-7,11,17H,3-5,8-10H2,1-2H3. The van der Waals surface area contributed by atoms with Gasteiger partial charge in [0.15, 0.2) is 11.5 Å². The highest BCUT2D eigenvalue weighted by Gasteiger charge is 2.18. The van der Waals surface area contributed by atoms with Crippen LogP contribution < -0.4 is 19.5 Å². The van der Waals surface area contributed by atoms with E-state index in [4.69, 9.17) is 14.2 Å². The molecule has 0 unspecified atom stereocenters. The van der Waals surface area contributed by atoms with Gasteiger partial charge in [0.2, 0.25) is 6.79 Å². The van der Waals surface area contributed by atoms with Crippen LogP contribution in [0.4, 0.5) is 4.39 Å². The van der Waals surface area contributed by atoms with Gasteiger partial charge in [-0.15, -0.1) is 0 Å². The second kappa shape index (κ2) is 7.33. The maximum absolute atomic E-state index is 12.2. The number of ether oxygens (including phenoxy) is 3. The van der Waals surface area contributed by atoms with Crippen LogP contribution >= 0.6 is 0 Å². The summed E-state index contributed by atoms with van der Waals surface area (Å²) in [6.07, 6.45) is 0.396. The highest BCUT2D eigenvalue weighted by Crippen LogP contribution is 2.38. The van der Waals surface area contributed by atoms with Gasteiger partial charge in [-0.25, -0.2) is 0 Å². The first-order valence-electron chi connectivity index (χ1n) is 7.02. The Bertz CT molecular complexity index is 437. The van der Waals surface area contributed by atoms with Crippen molar-refractivity contribution in [1.29, 1.82) is 0 Å². The Morgan fingerprint density at radius 1 is 1.30 bits per heavy atom. The fourth-order valence-electron chi connectivity index (χ4n) is 1.97. The lowest BCUT2D eigenvalue weighted by atomic mass is 10.1. The normalized spacial score (nSPS) is 13.0. The van der Waals surface area contributed by atoms with Crippen LogP contribution in [0.1, 0.15) is 25.8 Å². The molecule has 0 fully saturated rings. The van der Waals surface area contributed by atoms with Crippen molar-refractivity contribution in [2.45, 2.75) is 26.8 Å². The van der Waals surface area contributed by atoms with Crippen LogP contribution in [-0.4, -0.2) is 26.6 Å². The van der Waals surface area contributed by atoms with Crippen molar-refractivity contribution in [2.75, 3.05) is 26.6 Å². The fourth-order valence-corrected chi connectivity index (χ4v) is 1.97. The Morgan fingerprint density at radius 3 is 2.75 bits per heavy atom. The molecule has 20 heavy (non-hydrogen) atoms. The molecule has 112 valence electrons. The summed E-state index contributed by atoms with van der Waals surface area (Å²) in [4.78, 5) is 0. The van der Waals surface area contributed by atoms with Gasteiger partial charge < -0.3 is 19.5 Å². The van der Waals surface area contributed by atoms with Gasteiger partial charge in [-0.1, -0.05) is 13.8 Å². The van der Waals surface area contributed by atoms with Crippen LogP contribution in [0.2, 0.25) is 0 Å². The molecule has 1 heterocycles. The summed E-state index contributed by atoms with van der Waals surface area (Å²) in [5, 5.41) is 3.37. The molecule has 1 aromatic carbocycles. The second-order valence-corrected chi connectivity index (χ2v) is 5.23. The van der Waals surface area contributed by atoms with Crippen molar-refractivity contribution in [2.24, 2.45) is 5.92 Å². The lowest BCUT2D eigenvalue weighted by Crippen LogP contribution is -2.19. The highest BCUT2D eigenvalue weighted by atomic mass is 19.1. The van der Waals surface area contributed by atoms with E-state index in [2.05, 4.69) is 19.2 Å². The highest BCUT2D eigenvalue weighted by molar-refractivity contribution is 5.51. The number of hydrogen-bond donors (Lipinski definition) is 1. The molecule has 2 rings (SSSR count). The van der Waals surface area contributed by atoms with E-state index in [-0.39, 0.29) is 13.5 Å². The predicted octanol–water partition coefficient (Wildman–Crippen LogP) is 2.90. The molecule has 0 saturated heterocycles. The van der Waals surface area contributed by atoms with Gasteiger partial charge in [0.25, 0.3) is 0 Å². The van der Waals surface area contributed by atoms with E-state index < -0.39 is 0 Å². The van der Waals surface area contributed by atoms with Crippen LogP contribution in [0, 0.1) is 5.92 Å². The zero-order chi connectivity index (χ0) is 14.4. The van der Waals surface area contributed by atoms with Gasteiger partial charge in [0, 0.05) is 24.6 Å². The molecule has 1 aliphatic rings. The summed E-state index contributed by atoms with van der Waals surface area (Å²) >= 11 is 0. The SMILES string of the molecule is CC(C)CNCc1cc2c(cc1OCCCF)OCO2. The lowest BCUT2D eigenvalue weighted by molar-refractivity contribution is 0.173. The second-order valence-electron chi connectivity index (χ2n) is 5.23. The van der Waals surface area contributed by atoms with Crippen LogP contribution in [0.3, 0.4) is 0 Å². The molecular weight excluding hydrogens is 261 g/mol. The zero-order valence-corrected chi connectivity index (χ0v) is 12.1. The van der Waals surface area contributed by atoms with Crippen molar-refractivity contribution in [3.8, 4) is 17.2 Å². The van der Waals surface area contributed by atoms with Crippen molar-refractivity contribution >= 4 is 0 Å². The maximum Gasteiger partial charge on any atom is 0.231 e. The lowest BCUT2D eigenvalue weighted by Gasteiger charge is -2.14. The quantitative estimate of drug-likeness (QED) is 0.745. The Kier molecular flexibility index (Phi) is 5.47. The van der Waals surface area contributed by atoms with Crippen LogP contribution in [0.15, 0.2) is 12.1 Å². The molecule has 0 bridgehead atoms. The summed E-state index contributed by atoms with van der Waals surface area (Å²) in [6, 6.07) is 3.76. The van der Waals surface area contributed by atoms with E-state index in [0.717, 1.165) is 23.6 Å². The van der Waals surface area contributed by atoms with Crippen LogP contribution in [-0.2, 0) is 6.54 Å². The number of hydrogen-bond acceptors (Lipinski definition) is 4. The van der Waals surface area contributed by atoms with Gasteiger partial charge in [-0.2, -0.15) is 0 Å². The monoisotopic (exact) mass is 283 g/mol. The van der Waals surface area contributed by atoms with Crippen molar-refractivity contribution in [3.63, 3.8) is 0 Å². The van der Waals surface area contributed by atoms with Gasteiger partial charge >= 0.3 is 0 Å². The minimum atomic E-state index is -0.370. The third kappa shape index (κ3) is 4.00. The molecule has 0 atom stereocenters. The largest absolute Gasteiger partial charge is 0.493 e. The van der Waals surface area contributed by atoms with E-state index in [1.54, 1.807) is 0 Å². The first-order valence-corrected chi connectivity index (χ1v) is 7.02. The van der Waals surface area contributed by atoms with E-state index >= 15 is 0 Å². The summed E-state index contributed by atoms with van der Waals surface area (Å²) in [5.41, 5.74) is 1.01. The number of alkyl halides is 1. The maximum atomic E-state index is 12.2. The molecule has 0 saturated carbocycles. The van der Waals surface area contributed by atoms with E-state index in [1.807, 2.05) is 12.1 Å². The van der Waals surface area contributed by atoms with Gasteiger partial charge in [-0.3, -0.25) is 4.39 Å². The zero-order valence-electron chi connectivity index (χ0n) is 12.1. The number of fused-ring (bicyclic) bond motifs is 1. The third-order valence-corrected chi connectivity index (χ3v) is 2.96. The minimum Gasteiger partial charge on any atom is -0.493 e. The predicted molar refractivity (Wildman–Crippen MR) is 75.2 cm³/mol. The van der Waals surface area contributed by atoms with Gasteiger partial charge in [-0.05, 0) is 18.5 Å². The Morgan fingerprint density at radius 2 is 2.05 bits per heavy atom. The number of benzene rings is 1. The number of nitrogens with one attached hydrogen (secondary N) is 1. The Labute approximate surface area is 119 Å². The smallest absolute Gasteiger partial charge is 0.231 e. The topological polar surface area (TPSA) is 39.7 Å². The average molecular weight is 283 g/mol. The fraction of sp³-hybridized carbons (Fsp3) is 0.600.